The lowest BCUT2D eigenvalue weighted by Crippen LogP contribution is -2.52. The molecule has 21 heavy (non-hydrogen) atoms. The Balaban J connectivity index is 3.15. The van der Waals surface area contributed by atoms with Crippen LogP contribution in [0.5, 0.6) is 0 Å². The maximum Gasteiger partial charge on any atom is 0.460 e. The monoisotopic (exact) mass is 323 g/mol. The maximum atomic E-state index is 13.1. The first-order valence-corrected chi connectivity index (χ1v) is 5.05. The van der Waals surface area contributed by atoms with Crippen LogP contribution in [0.2, 0.25) is 0 Å². The predicted octanol–water partition coefficient (Wildman–Crippen LogP) is 2.87. The van der Waals surface area contributed by atoms with Gasteiger partial charge < -0.3 is 14.5 Å². The van der Waals surface area contributed by atoms with Crippen LogP contribution in [0, 0.1) is 0 Å². The second-order valence-electron chi connectivity index (χ2n) is 4.01. The van der Waals surface area contributed by atoms with Gasteiger partial charge in [0.15, 0.2) is 5.76 Å². The van der Waals surface area contributed by atoms with Crippen molar-refractivity contribution in [3.63, 3.8) is 0 Å². The van der Waals surface area contributed by atoms with E-state index in [9.17, 15) is 30.7 Å². The molecule has 0 saturated heterocycles. The number of allylic oxidation sites excluding steroid dienone is 1. The van der Waals surface area contributed by atoms with Crippen LogP contribution in [0.25, 0.3) is 6.08 Å². The fourth-order valence-corrected chi connectivity index (χ4v) is 1.02. The van der Waals surface area contributed by atoms with Gasteiger partial charge in [0.2, 0.25) is 5.82 Å². The molecule has 0 aliphatic rings. The number of anilines is 1. The highest BCUT2D eigenvalue weighted by atomic mass is 19.4. The maximum absolute atomic E-state index is 13.1. The normalized spacial score (nSPS) is 14.4. The molecular weight excluding hydrogens is 315 g/mol. The Labute approximate surface area is 112 Å². The number of aliphatic hydroxyl groups excluding tert-OH is 1. The smallest absolute Gasteiger partial charge is 0.460 e. The Morgan fingerprint density at radius 1 is 1.14 bits per heavy atom. The molecule has 0 bridgehead atoms. The van der Waals surface area contributed by atoms with E-state index >= 15 is 0 Å². The molecule has 0 aliphatic carbocycles. The molecule has 5 nitrogen and oxygen atoms in total. The Hall–Kier alpha value is -2.01. The first-order valence-electron chi connectivity index (χ1n) is 5.05. The van der Waals surface area contributed by atoms with Gasteiger partial charge in [-0.15, -0.1) is 0 Å². The van der Waals surface area contributed by atoms with E-state index in [-0.39, 0.29) is 12.1 Å². The highest BCUT2D eigenvalue weighted by Gasteiger charge is 2.74. The summed E-state index contributed by atoms with van der Waals surface area (Å²) in [6, 6.07) is -0.236. The van der Waals surface area contributed by atoms with Gasteiger partial charge in [-0.3, -0.25) is 0 Å². The minimum atomic E-state index is -6.55. The first-order chi connectivity index (χ1) is 9.30. The standard InChI is InChI=1S/C9H8F7N3O2/c1-19(2)6-17-5(18-21-6)3-4(20)7(10,11)8(12,13)9(14,15)16/h3,20H,1-2H3. The molecule has 0 aliphatic heterocycles. The molecule has 0 amide bonds. The number of hydrogen-bond donors (Lipinski definition) is 1. The van der Waals surface area contributed by atoms with Crippen LogP contribution < -0.4 is 4.90 Å². The van der Waals surface area contributed by atoms with Crippen molar-refractivity contribution < 1.29 is 40.4 Å². The van der Waals surface area contributed by atoms with E-state index in [4.69, 9.17) is 5.11 Å². The van der Waals surface area contributed by atoms with Gasteiger partial charge in [-0.25, -0.2) is 0 Å². The summed E-state index contributed by atoms with van der Waals surface area (Å²) in [5, 5.41) is 11.9. The summed E-state index contributed by atoms with van der Waals surface area (Å²) in [6.45, 7) is 0. The van der Waals surface area contributed by atoms with Gasteiger partial charge in [0.05, 0.1) is 0 Å². The number of aromatic nitrogens is 2. The van der Waals surface area contributed by atoms with Crippen molar-refractivity contribution >= 4 is 12.1 Å². The molecule has 0 radical (unpaired) electrons. The summed E-state index contributed by atoms with van der Waals surface area (Å²) >= 11 is 0. The van der Waals surface area contributed by atoms with Gasteiger partial charge >= 0.3 is 24.0 Å². The minimum Gasteiger partial charge on any atom is -0.506 e. The highest BCUT2D eigenvalue weighted by Crippen LogP contribution is 2.49. The van der Waals surface area contributed by atoms with E-state index in [1.165, 1.54) is 19.0 Å². The lowest BCUT2D eigenvalue weighted by molar-refractivity contribution is -0.349. The molecule has 1 aromatic heterocycles. The minimum absolute atomic E-state index is 0.143. The quantitative estimate of drug-likeness (QED) is 0.682. The molecule has 0 aromatic carbocycles. The lowest BCUT2D eigenvalue weighted by Gasteiger charge is -2.27. The van der Waals surface area contributed by atoms with Gasteiger partial charge in [0.1, 0.15) is 0 Å². The molecule has 0 saturated carbocycles. The van der Waals surface area contributed by atoms with Crippen LogP contribution in [0.3, 0.4) is 0 Å². The Kier molecular flexibility index (Phi) is 4.12. The number of alkyl halides is 7. The van der Waals surface area contributed by atoms with E-state index in [2.05, 4.69) is 14.7 Å². The number of aliphatic hydroxyl groups is 1. The molecule has 1 rings (SSSR count). The van der Waals surface area contributed by atoms with Crippen LogP contribution >= 0.6 is 0 Å². The van der Waals surface area contributed by atoms with Crippen LogP contribution in [0.4, 0.5) is 36.7 Å². The molecule has 0 fully saturated rings. The van der Waals surface area contributed by atoms with Crippen molar-refractivity contribution in [2.24, 2.45) is 0 Å². The number of hydrogen-bond acceptors (Lipinski definition) is 5. The molecule has 0 spiro atoms. The third-order valence-corrected chi connectivity index (χ3v) is 2.15. The Morgan fingerprint density at radius 2 is 1.67 bits per heavy atom. The molecule has 120 valence electrons. The molecular formula is C9H8F7N3O2. The predicted molar refractivity (Wildman–Crippen MR) is 55.2 cm³/mol. The second-order valence-corrected chi connectivity index (χ2v) is 4.01. The van der Waals surface area contributed by atoms with Crippen molar-refractivity contribution in [2.75, 3.05) is 19.0 Å². The Morgan fingerprint density at radius 3 is 2.05 bits per heavy atom. The van der Waals surface area contributed by atoms with Crippen LogP contribution in [-0.4, -0.2) is 47.4 Å². The van der Waals surface area contributed by atoms with Gasteiger partial charge in [-0.2, -0.15) is 35.7 Å². The molecule has 0 unspecified atom stereocenters. The summed E-state index contributed by atoms with van der Waals surface area (Å²) in [7, 11) is 2.82. The third kappa shape index (κ3) is 3.03. The molecule has 0 atom stereocenters. The van der Waals surface area contributed by atoms with E-state index in [1.54, 1.807) is 0 Å². The fourth-order valence-electron chi connectivity index (χ4n) is 1.02. The van der Waals surface area contributed by atoms with E-state index < -0.39 is 29.6 Å². The summed E-state index contributed by atoms with van der Waals surface area (Å²) in [4.78, 5) is 4.57. The number of rotatable bonds is 4. The van der Waals surface area contributed by atoms with Gasteiger partial charge in [0, 0.05) is 20.2 Å². The highest BCUT2D eigenvalue weighted by molar-refractivity contribution is 5.46. The molecule has 1 heterocycles. The first kappa shape index (κ1) is 17.0. The zero-order valence-electron chi connectivity index (χ0n) is 10.4. The van der Waals surface area contributed by atoms with Crippen LogP contribution in [-0.2, 0) is 0 Å². The summed E-state index contributed by atoms with van der Waals surface area (Å²) in [5.41, 5.74) is 0. The molecule has 1 aromatic rings. The van der Waals surface area contributed by atoms with Crippen molar-refractivity contribution in [3.05, 3.63) is 11.6 Å². The zero-order valence-corrected chi connectivity index (χ0v) is 10.4. The van der Waals surface area contributed by atoms with Crippen molar-refractivity contribution in [1.29, 1.82) is 0 Å². The number of nitrogens with zero attached hydrogens (tertiary/aromatic N) is 3. The average molecular weight is 323 g/mol. The van der Waals surface area contributed by atoms with Crippen LogP contribution in [0.1, 0.15) is 5.82 Å². The Bertz CT molecular complexity index is 536. The van der Waals surface area contributed by atoms with E-state index in [1.807, 2.05) is 0 Å². The van der Waals surface area contributed by atoms with E-state index in [0.29, 0.717) is 0 Å². The average Bonchev–Trinajstić information content (AvgIpc) is 2.75. The van der Waals surface area contributed by atoms with Gasteiger partial charge in [0.25, 0.3) is 0 Å². The number of halogens is 7. The van der Waals surface area contributed by atoms with Crippen molar-refractivity contribution in [2.45, 2.75) is 18.0 Å². The van der Waals surface area contributed by atoms with Crippen molar-refractivity contribution in [3.8, 4) is 0 Å². The topological polar surface area (TPSA) is 62.4 Å². The zero-order chi connectivity index (χ0) is 16.6. The van der Waals surface area contributed by atoms with Gasteiger partial charge in [-0.1, -0.05) is 5.16 Å². The summed E-state index contributed by atoms with van der Waals surface area (Å²) in [6.07, 6.45) is -6.69. The van der Waals surface area contributed by atoms with Crippen molar-refractivity contribution in [1.82, 2.24) is 10.1 Å². The van der Waals surface area contributed by atoms with Crippen LogP contribution in [0.15, 0.2) is 10.3 Å². The SMILES string of the molecule is CN(C)c1nc(C=C(O)C(F)(F)C(F)(F)C(F)(F)F)no1. The molecule has 12 heteroatoms. The fraction of sp³-hybridized carbons (Fsp3) is 0.556. The lowest BCUT2D eigenvalue weighted by atomic mass is 10.1. The second kappa shape index (κ2) is 5.07. The largest absolute Gasteiger partial charge is 0.506 e. The molecule has 1 N–H and O–H groups in total. The summed E-state index contributed by atoms with van der Waals surface area (Å²) < 4.78 is 91.6. The van der Waals surface area contributed by atoms with Gasteiger partial charge in [-0.05, 0) is 0 Å². The summed E-state index contributed by atoms with van der Waals surface area (Å²) in [5.74, 6) is -15.7. The third-order valence-electron chi connectivity index (χ3n) is 2.15. The van der Waals surface area contributed by atoms with E-state index in [0.717, 1.165) is 0 Å².